The van der Waals surface area contributed by atoms with E-state index in [1.165, 1.54) is 12.1 Å². The number of hydrogen-bond acceptors (Lipinski definition) is 4. The summed E-state index contributed by atoms with van der Waals surface area (Å²) in [7, 11) is -3.70. The molecule has 1 aromatic carbocycles. The summed E-state index contributed by atoms with van der Waals surface area (Å²) in [4.78, 5) is 4.22. The summed E-state index contributed by atoms with van der Waals surface area (Å²) in [5, 5.41) is 0.367. The van der Waals surface area contributed by atoms with E-state index >= 15 is 0 Å². The van der Waals surface area contributed by atoms with Crippen molar-refractivity contribution in [1.29, 1.82) is 0 Å². The van der Waals surface area contributed by atoms with Gasteiger partial charge in [0, 0.05) is 6.20 Å². The van der Waals surface area contributed by atoms with Crippen molar-refractivity contribution >= 4 is 27.3 Å². The number of hydrogen-bond donors (Lipinski definition) is 2. The molecule has 1 unspecified atom stereocenters. The van der Waals surface area contributed by atoms with Crippen molar-refractivity contribution in [2.45, 2.75) is 24.8 Å². The Kier molecular flexibility index (Phi) is 4.51. The van der Waals surface area contributed by atoms with E-state index in [-0.39, 0.29) is 10.6 Å². The highest BCUT2D eigenvalue weighted by Crippen LogP contribution is 2.27. The average molecular weight is 326 g/mol. The monoisotopic (exact) mass is 325 g/mol. The van der Waals surface area contributed by atoms with E-state index in [9.17, 15) is 8.42 Å². The van der Waals surface area contributed by atoms with Crippen molar-refractivity contribution in [2.75, 3.05) is 5.73 Å². The fourth-order valence-corrected chi connectivity index (χ4v) is 3.36. The Labute approximate surface area is 129 Å². The molecule has 0 radical (unpaired) electrons. The summed E-state index contributed by atoms with van der Waals surface area (Å²) < 4.78 is 27.4. The topological polar surface area (TPSA) is 85.1 Å². The number of aromatic nitrogens is 1. The van der Waals surface area contributed by atoms with E-state index in [1.54, 1.807) is 38.2 Å². The van der Waals surface area contributed by atoms with Gasteiger partial charge in [0.15, 0.2) is 0 Å². The Morgan fingerprint density at radius 3 is 2.62 bits per heavy atom. The van der Waals surface area contributed by atoms with Gasteiger partial charge in [-0.05, 0) is 43.7 Å². The number of nitrogens with zero attached hydrogens (tertiary/aromatic N) is 1. The number of anilines is 1. The molecule has 112 valence electrons. The maximum absolute atomic E-state index is 12.4. The summed E-state index contributed by atoms with van der Waals surface area (Å²) in [5.41, 5.74) is 7.21. The zero-order valence-corrected chi connectivity index (χ0v) is 13.2. The molecule has 0 aliphatic heterocycles. The van der Waals surface area contributed by atoms with E-state index in [0.717, 1.165) is 0 Å². The van der Waals surface area contributed by atoms with Gasteiger partial charge in [-0.2, -0.15) is 0 Å². The highest BCUT2D eigenvalue weighted by molar-refractivity contribution is 7.89. The molecule has 0 saturated heterocycles. The molecule has 1 heterocycles. The number of rotatable bonds is 4. The van der Waals surface area contributed by atoms with Gasteiger partial charge in [0.1, 0.15) is 0 Å². The van der Waals surface area contributed by atoms with Crippen molar-refractivity contribution in [3.63, 3.8) is 0 Å². The summed E-state index contributed by atoms with van der Waals surface area (Å²) in [6, 6.07) is 7.73. The number of nitrogens with one attached hydrogen (secondary N) is 1. The van der Waals surface area contributed by atoms with Gasteiger partial charge < -0.3 is 5.73 Å². The molecule has 0 aliphatic carbocycles. The van der Waals surface area contributed by atoms with Crippen LogP contribution in [-0.4, -0.2) is 13.4 Å². The predicted octanol–water partition coefficient (Wildman–Crippen LogP) is 2.67. The second-order valence-corrected chi connectivity index (χ2v) is 6.83. The highest BCUT2D eigenvalue weighted by Gasteiger charge is 2.20. The maximum Gasteiger partial charge on any atom is 0.241 e. The summed E-state index contributed by atoms with van der Waals surface area (Å²) in [6.45, 7) is 3.44. The number of sulfonamides is 1. The van der Waals surface area contributed by atoms with Crippen molar-refractivity contribution in [3.8, 4) is 0 Å². The molecular weight excluding hydrogens is 310 g/mol. The lowest BCUT2D eigenvalue weighted by atomic mass is 10.2. The SMILES string of the molecule is Cc1cc(S(=O)(=O)NC(C)c2ccccn2)cc(N)c1Cl. The molecule has 2 aromatic rings. The van der Waals surface area contributed by atoms with Gasteiger partial charge in [-0.15, -0.1) is 0 Å². The van der Waals surface area contributed by atoms with Crippen molar-refractivity contribution < 1.29 is 8.42 Å². The number of nitrogens with two attached hydrogens (primary N) is 1. The average Bonchev–Trinajstić information content (AvgIpc) is 2.44. The van der Waals surface area contributed by atoms with Gasteiger partial charge >= 0.3 is 0 Å². The van der Waals surface area contributed by atoms with Crippen LogP contribution in [0.25, 0.3) is 0 Å². The molecule has 0 bridgehead atoms. The van der Waals surface area contributed by atoms with Crippen LogP contribution >= 0.6 is 11.6 Å². The Morgan fingerprint density at radius 1 is 1.33 bits per heavy atom. The first kappa shape index (κ1) is 15.8. The van der Waals surface area contributed by atoms with E-state index < -0.39 is 16.1 Å². The Morgan fingerprint density at radius 2 is 2.05 bits per heavy atom. The lowest BCUT2D eigenvalue weighted by molar-refractivity contribution is 0.564. The molecule has 2 rings (SSSR count). The van der Waals surface area contributed by atoms with Gasteiger partial charge in [0.05, 0.1) is 27.3 Å². The minimum absolute atomic E-state index is 0.0877. The van der Waals surface area contributed by atoms with Crippen LogP contribution in [0.4, 0.5) is 5.69 Å². The van der Waals surface area contributed by atoms with E-state index in [0.29, 0.717) is 16.3 Å². The van der Waals surface area contributed by atoms with Gasteiger partial charge in [-0.25, -0.2) is 13.1 Å². The molecule has 21 heavy (non-hydrogen) atoms. The summed E-state index contributed by atoms with van der Waals surface area (Å²) in [6.07, 6.45) is 1.62. The molecule has 0 fully saturated rings. The third-order valence-corrected chi connectivity index (χ3v) is 5.07. The lowest BCUT2D eigenvalue weighted by Gasteiger charge is -2.15. The van der Waals surface area contributed by atoms with Crippen LogP contribution in [0.1, 0.15) is 24.2 Å². The molecule has 7 heteroatoms. The lowest BCUT2D eigenvalue weighted by Crippen LogP contribution is -2.27. The molecule has 0 aliphatic rings. The normalized spacial score (nSPS) is 13.1. The molecule has 1 atom stereocenters. The minimum atomic E-state index is -3.70. The third-order valence-electron chi connectivity index (χ3n) is 3.03. The van der Waals surface area contributed by atoms with Crippen LogP contribution in [-0.2, 0) is 10.0 Å². The number of aryl methyl sites for hydroxylation is 1. The van der Waals surface area contributed by atoms with Crippen LogP contribution in [0.3, 0.4) is 0 Å². The van der Waals surface area contributed by atoms with Crippen LogP contribution in [0.15, 0.2) is 41.4 Å². The van der Waals surface area contributed by atoms with Gasteiger partial charge in [-0.3, -0.25) is 4.98 Å². The van der Waals surface area contributed by atoms with Gasteiger partial charge in [0.25, 0.3) is 0 Å². The summed E-state index contributed by atoms with van der Waals surface area (Å²) >= 11 is 5.95. The Bertz CT molecular complexity index is 725. The maximum atomic E-state index is 12.4. The van der Waals surface area contributed by atoms with Crippen molar-refractivity contribution in [3.05, 3.63) is 52.8 Å². The molecule has 0 amide bonds. The van der Waals surface area contributed by atoms with Gasteiger partial charge in [0.2, 0.25) is 10.0 Å². The summed E-state index contributed by atoms with van der Waals surface area (Å²) in [5.74, 6) is 0. The molecule has 3 N–H and O–H groups in total. The quantitative estimate of drug-likeness (QED) is 0.846. The van der Waals surface area contributed by atoms with E-state index in [2.05, 4.69) is 9.71 Å². The standard InChI is InChI=1S/C14H16ClN3O2S/c1-9-7-11(8-12(16)14(9)15)21(19,20)18-10(2)13-5-3-4-6-17-13/h3-8,10,18H,16H2,1-2H3. The largest absolute Gasteiger partial charge is 0.397 e. The molecular formula is C14H16ClN3O2S. The Balaban J connectivity index is 2.31. The minimum Gasteiger partial charge on any atom is -0.397 e. The fourth-order valence-electron chi connectivity index (χ4n) is 1.91. The van der Waals surface area contributed by atoms with Crippen molar-refractivity contribution in [2.24, 2.45) is 0 Å². The first-order valence-corrected chi connectivity index (χ1v) is 8.16. The molecule has 1 aromatic heterocycles. The van der Waals surface area contributed by atoms with Crippen molar-refractivity contribution in [1.82, 2.24) is 9.71 Å². The number of pyridine rings is 1. The Hall–Kier alpha value is -1.63. The molecule has 0 spiro atoms. The molecule has 0 saturated carbocycles. The smallest absolute Gasteiger partial charge is 0.241 e. The van der Waals surface area contributed by atoms with Gasteiger partial charge in [-0.1, -0.05) is 17.7 Å². The van der Waals surface area contributed by atoms with E-state index in [1.807, 2.05) is 0 Å². The van der Waals surface area contributed by atoms with Crippen LogP contribution in [0, 0.1) is 6.92 Å². The zero-order chi connectivity index (χ0) is 15.6. The number of halogens is 1. The zero-order valence-electron chi connectivity index (χ0n) is 11.7. The number of nitrogen functional groups attached to an aromatic ring is 1. The third kappa shape index (κ3) is 3.53. The van der Waals surface area contributed by atoms with Crippen LogP contribution in [0.5, 0.6) is 0 Å². The molecule has 5 nitrogen and oxygen atoms in total. The first-order chi connectivity index (χ1) is 9.81. The fraction of sp³-hybridized carbons (Fsp3) is 0.214. The predicted molar refractivity (Wildman–Crippen MR) is 83.6 cm³/mol. The second-order valence-electron chi connectivity index (χ2n) is 4.74. The van der Waals surface area contributed by atoms with E-state index in [4.69, 9.17) is 17.3 Å². The van der Waals surface area contributed by atoms with Crippen LogP contribution in [0.2, 0.25) is 5.02 Å². The highest BCUT2D eigenvalue weighted by atomic mass is 35.5. The second kappa shape index (κ2) is 6.01. The first-order valence-electron chi connectivity index (χ1n) is 6.30. The van der Waals surface area contributed by atoms with Crippen LogP contribution < -0.4 is 10.5 Å². The number of benzene rings is 1.